The monoisotopic (exact) mass is 243 g/mol. The van der Waals surface area contributed by atoms with E-state index in [1.54, 1.807) is 0 Å². The topological polar surface area (TPSA) is 9.72 Å². The van der Waals surface area contributed by atoms with Gasteiger partial charge < -0.3 is 13.7 Å². The fourth-order valence-electron chi connectivity index (χ4n) is 3.79. The number of rotatable bonds is 4. The van der Waals surface area contributed by atoms with E-state index in [1.165, 1.54) is 32.1 Å². The van der Waals surface area contributed by atoms with Crippen molar-refractivity contribution in [3.63, 3.8) is 0 Å². The van der Waals surface area contributed by atoms with E-state index in [0.717, 1.165) is 5.54 Å². The Hall–Kier alpha value is 0.0969. The molecule has 4 heteroatoms. The standard InChI is InChI=1S/C12H29N3Si/c1-13(2)16(14(3)4,15(5)6)12-10-8-7-9-11-12/h12H,7-11H2,1-6H3. The van der Waals surface area contributed by atoms with Crippen LogP contribution in [0.3, 0.4) is 0 Å². The summed E-state index contributed by atoms with van der Waals surface area (Å²) in [5, 5.41) is 0. The Balaban J connectivity index is 2.99. The zero-order chi connectivity index (χ0) is 12.3. The average Bonchev–Trinajstić information content (AvgIpc) is 2.18. The van der Waals surface area contributed by atoms with Gasteiger partial charge in [-0.25, -0.2) is 0 Å². The predicted octanol–water partition coefficient (Wildman–Crippen LogP) is 1.94. The summed E-state index contributed by atoms with van der Waals surface area (Å²) in [6.07, 6.45) is 7.13. The molecule has 0 aromatic carbocycles. The zero-order valence-electron chi connectivity index (χ0n) is 12.0. The second-order valence-electron chi connectivity index (χ2n) is 5.71. The molecule has 0 heterocycles. The third kappa shape index (κ3) is 2.35. The fourth-order valence-corrected chi connectivity index (χ4v) is 9.56. The Bertz CT molecular complexity index is 189. The van der Waals surface area contributed by atoms with E-state index < -0.39 is 8.56 Å². The lowest BCUT2D eigenvalue weighted by atomic mass is 10.0. The summed E-state index contributed by atoms with van der Waals surface area (Å²) in [6, 6.07) is 0. The Kier molecular flexibility index (Phi) is 4.98. The van der Waals surface area contributed by atoms with Gasteiger partial charge in [0.15, 0.2) is 0 Å². The van der Waals surface area contributed by atoms with Gasteiger partial charge in [0.2, 0.25) is 0 Å². The van der Waals surface area contributed by atoms with Crippen molar-refractivity contribution >= 4 is 8.56 Å². The molecular weight excluding hydrogens is 214 g/mol. The van der Waals surface area contributed by atoms with Gasteiger partial charge in [-0.05, 0) is 60.7 Å². The SMILES string of the molecule is CN(C)[Si](C1CCCCC1)(N(C)C)N(C)C. The van der Waals surface area contributed by atoms with Crippen molar-refractivity contribution in [2.24, 2.45) is 0 Å². The lowest BCUT2D eigenvalue weighted by Crippen LogP contribution is -2.72. The van der Waals surface area contributed by atoms with Crippen LogP contribution in [0.25, 0.3) is 0 Å². The van der Waals surface area contributed by atoms with Gasteiger partial charge in [-0.2, -0.15) is 0 Å². The third-order valence-electron chi connectivity index (χ3n) is 4.13. The highest BCUT2D eigenvalue weighted by molar-refractivity contribution is 6.72. The molecule has 0 unspecified atom stereocenters. The minimum absolute atomic E-state index is 0.890. The second-order valence-corrected chi connectivity index (χ2v) is 10.6. The minimum Gasteiger partial charge on any atom is -0.305 e. The first-order valence-electron chi connectivity index (χ1n) is 6.46. The van der Waals surface area contributed by atoms with Gasteiger partial charge in [0.1, 0.15) is 0 Å². The number of nitrogens with zero attached hydrogens (tertiary/aromatic N) is 3. The summed E-state index contributed by atoms with van der Waals surface area (Å²) >= 11 is 0. The van der Waals surface area contributed by atoms with Crippen LogP contribution in [0.15, 0.2) is 0 Å². The highest BCUT2D eigenvalue weighted by Gasteiger charge is 2.49. The van der Waals surface area contributed by atoms with E-state index in [0.29, 0.717) is 0 Å². The minimum atomic E-state index is -1.63. The van der Waals surface area contributed by atoms with E-state index in [2.05, 4.69) is 56.0 Å². The fraction of sp³-hybridized carbons (Fsp3) is 1.00. The molecule has 96 valence electrons. The Morgan fingerprint density at radius 3 is 1.38 bits per heavy atom. The maximum Gasteiger partial charge on any atom is 0.291 e. The van der Waals surface area contributed by atoms with Crippen molar-refractivity contribution < 1.29 is 0 Å². The first kappa shape index (κ1) is 14.2. The Labute approximate surface area is 103 Å². The summed E-state index contributed by atoms with van der Waals surface area (Å²) in [5.41, 5.74) is 0.890. The van der Waals surface area contributed by atoms with Gasteiger partial charge in [-0.3, -0.25) is 0 Å². The molecule has 0 aromatic rings. The molecule has 1 fully saturated rings. The first-order valence-corrected chi connectivity index (χ1v) is 8.38. The molecule has 0 radical (unpaired) electrons. The Morgan fingerprint density at radius 2 is 1.06 bits per heavy atom. The van der Waals surface area contributed by atoms with E-state index in [9.17, 15) is 0 Å². The molecule has 0 amide bonds. The molecule has 0 N–H and O–H groups in total. The molecule has 0 bridgehead atoms. The van der Waals surface area contributed by atoms with E-state index in [-0.39, 0.29) is 0 Å². The van der Waals surface area contributed by atoms with Crippen LogP contribution in [0.2, 0.25) is 5.54 Å². The molecule has 0 spiro atoms. The van der Waals surface area contributed by atoms with Crippen LogP contribution in [0.5, 0.6) is 0 Å². The molecule has 0 aromatic heterocycles. The third-order valence-corrected chi connectivity index (χ3v) is 9.75. The van der Waals surface area contributed by atoms with Crippen molar-refractivity contribution in [3.05, 3.63) is 0 Å². The smallest absolute Gasteiger partial charge is 0.291 e. The van der Waals surface area contributed by atoms with Crippen molar-refractivity contribution in [1.29, 1.82) is 0 Å². The van der Waals surface area contributed by atoms with E-state index in [1.807, 2.05) is 0 Å². The second kappa shape index (κ2) is 5.62. The summed E-state index contributed by atoms with van der Waals surface area (Å²) in [4.78, 5) is 0. The van der Waals surface area contributed by atoms with Gasteiger partial charge in [0, 0.05) is 0 Å². The molecular formula is C12H29N3Si. The van der Waals surface area contributed by atoms with Gasteiger partial charge in [0.25, 0.3) is 8.56 Å². The predicted molar refractivity (Wildman–Crippen MR) is 73.7 cm³/mol. The molecule has 1 aliphatic rings. The summed E-state index contributed by atoms with van der Waals surface area (Å²) in [5.74, 6) is 0. The van der Waals surface area contributed by atoms with E-state index >= 15 is 0 Å². The van der Waals surface area contributed by atoms with E-state index in [4.69, 9.17) is 0 Å². The first-order chi connectivity index (χ1) is 7.44. The summed E-state index contributed by atoms with van der Waals surface area (Å²) < 4.78 is 7.55. The molecule has 16 heavy (non-hydrogen) atoms. The number of hydrogen-bond donors (Lipinski definition) is 0. The Morgan fingerprint density at radius 1 is 0.688 bits per heavy atom. The van der Waals surface area contributed by atoms with Crippen LogP contribution in [0, 0.1) is 0 Å². The number of hydrogen-bond acceptors (Lipinski definition) is 3. The van der Waals surface area contributed by atoms with Gasteiger partial charge in [0.05, 0.1) is 0 Å². The molecule has 1 rings (SSSR count). The zero-order valence-corrected chi connectivity index (χ0v) is 13.0. The van der Waals surface area contributed by atoms with Gasteiger partial charge >= 0.3 is 0 Å². The molecule has 0 aliphatic heterocycles. The maximum atomic E-state index is 2.52. The normalized spacial score (nSPS) is 20.1. The van der Waals surface area contributed by atoms with Gasteiger partial charge in [-0.1, -0.05) is 19.3 Å². The van der Waals surface area contributed by atoms with Crippen molar-refractivity contribution in [3.8, 4) is 0 Å². The van der Waals surface area contributed by atoms with Crippen molar-refractivity contribution in [2.75, 3.05) is 42.3 Å². The van der Waals surface area contributed by atoms with Crippen LogP contribution in [0.4, 0.5) is 0 Å². The average molecular weight is 243 g/mol. The molecule has 1 saturated carbocycles. The van der Waals surface area contributed by atoms with Crippen molar-refractivity contribution in [1.82, 2.24) is 13.7 Å². The van der Waals surface area contributed by atoms with Crippen LogP contribution in [-0.2, 0) is 0 Å². The van der Waals surface area contributed by atoms with Gasteiger partial charge in [-0.15, -0.1) is 0 Å². The lowest BCUT2D eigenvalue weighted by molar-refractivity contribution is 0.326. The lowest BCUT2D eigenvalue weighted by Gasteiger charge is -2.52. The van der Waals surface area contributed by atoms with Crippen LogP contribution >= 0.6 is 0 Å². The molecule has 0 atom stereocenters. The molecule has 3 nitrogen and oxygen atoms in total. The maximum absolute atomic E-state index is 2.52. The highest BCUT2D eigenvalue weighted by atomic mass is 28.4. The summed E-state index contributed by atoms with van der Waals surface area (Å²) in [7, 11) is 12.0. The van der Waals surface area contributed by atoms with Crippen LogP contribution < -0.4 is 0 Å². The van der Waals surface area contributed by atoms with Crippen LogP contribution in [-0.4, -0.2) is 64.5 Å². The van der Waals surface area contributed by atoms with Crippen LogP contribution in [0.1, 0.15) is 32.1 Å². The highest BCUT2D eigenvalue weighted by Crippen LogP contribution is 2.39. The molecule has 0 saturated heterocycles. The molecule has 1 aliphatic carbocycles. The summed E-state index contributed by atoms with van der Waals surface area (Å²) in [6.45, 7) is 0. The van der Waals surface area contributed by atoms with Crippen molar-refractivity contribution in [2.45, 2.75) is 37.6 Å². The quantitative estimate of drug-likeness (QED) is 0.699. The largest absolute Gasteiger partial charge is 0.305 e.